The molecule has 0 amide bonds. The Morgan fingerprint density at radius 3 is 3.10 bits per heavy atom. The molecule has 1 aromatic heterocycles. The first-order chi connectivity index (χ1) is 9.86. The van der Waals surface area contributed by atoms with Gasteiger partial charge in [0.1, 0.15) is 18.0 Å². The van der Waals surface area contributed by atoms with Crippen LogP contribution < -0.4 is 10.2 Å². The maximum absolute atomic E-state index is 9.40. The first-order valence-electron chi connectivity index (χ1n) is 7.42. The topological polar surface area (TPSA) is 70.5 Å². The first kappa shape index (κ1) is 13.6. The van der Waals surface area contributed by atoms with Crippen LogP contribution in [0.3, 0.4) is 0 Å². The lowest BCUT2D eigenvalue weighted by atomic mass is 10.2. The van der Waals surface area contributed by atoms with Gasteiger partial charge in [0.15, 0.2) is 0 Å². The number of hydrogen-bond acceptors (Lipinski definition) is 6. The van der Waals surface area contributed by atoms with Gasteiger partial charge in [-0.15, -0.1) is 0 Å². The Morgan fingerprint density at radius 1 is 1.35 bits per heavy atom. The number of hydrogen-bond donors (Lipinski definition) is 2. The van der Waals surface area contributed by atoms with E-state index in [2.05, 4.69) is 20.2 Å². The number of ether oxygens (including phenoxy) is 1. The third-order valence-electron chi connectivity index (χ3n) is 4.07. The largest absolute Gasteiger partial charge is 0.394 e. The lowest BCUT2D eigenvalue weighted by molar-refractivity contribution is 0.120. The van der Waals surface area contributed by atoms with E-state index in [1.165, 1.54) is 0 Å². The molecule has 0 bridgehead atoms. The molecule has 0 unspecified atom stereocenters. The summed E-state index contributed by atoms with van der Waals surface area (Å²) < 4.78 is 5.59. The Kier molecular flexibility index (Phi) is 4.32. The van der Waals surface area contributed by atoms with Gasteiger partial charge in [0.2, 0.25) is 0 Å². The number of aliphatic hydroxyl groups is 1. The minimum Gasteiger partial charge on any atom is -0.394 e. The summed E-state index contributed by atoms with van der Waals surface area (Å²) in [5.74, 6) is 1.72. The third kappa shape index (κ3) is 3.02. The Bertz CT molecular complexity index is 437. The maximum atomic E-state index is 9.40. The molecule has 110 valence electrons. The van der Waals surface area contributed by atoms with Crippen molar-refractivity contribution in [2.24, 2.45) is 0 Å². The molecule has 20 heavy (non-hydrogen) atoms. The van der Waals surface area contributed by atoms with Crippen molar-refractivity contribution in [3.63, 3.8) is 0 Å². The number of anilines is 2. The summed E-state index contributed by atoms with van der Waals surface area (Å²) in [6, 6.07) is 2.15. The van der Waals surface area contributed by atoms with E-state index in [9.17, 15) is 5.11 Å². The molecule has 0 saturated carbocycles. The van der Waals surface area contributed by atoms with Gasteiger partial charge in [-0.05, 0) is 25.7 Å². The van der Waals surface area contributed by atoms with E-state index in [0.29, 0.717) is 6.10 Å². The van der Waals surface area contributed by atoms with Crippen LogP contribution in [-0.4, -0.2) is 53.5 Å². The molecule has 2 atom stereocenters. The summed E-state index contributed by atoms with van der Waals surface area (Å²) >= 11 is 0. The average molecular weight is 278 g/mol. The van der Waals surface area contributed by atoms with Gasteiger partial charge < -0.3 is 20.1 Å². The molecule has 6 nitrogen and oxygen atoms in total. The minimum absolute atomic E-state index is 0.183. The second-order valence-corrected chi connectivity index (χ2v) is 5.45. The van der Waals surface area contributed by atoms with Crippen molar-refractivity contribution in [3.05, 3.63) is 12.4 Å². The van der Waals surface area contributed by atoms with E-state index in [-0.39, 0.29) is 12.6 Å². The fourth-order valence-corrected chi connectivity index (χ4v) is 2.95. The Hall–Kier alpha value is -1.40. The molecular weight excluding hydrogens is 256 g/mol. The lowest BCUT2D eigenvalue weighted by Crippen LogP contribution is -2.32. The second kappa shape index (κ2) is 6.37. The monoisotopic (exact) mass is 278 g/mol. The molecule has 3 rings (SSSR count). The summed E-state index contributed by atoms with van der Waals surface area (Å²) in [5, 5.41) is 12.7. The fraction of sp³-hybridized carbons (Fsp3) is 0.714. The number of rotatable bonds is 5. The predicted octanol–water partition coefficient (Wildman–Crippen LogP) is 1.03. The van der Waals surface area contributed by atoms with E-state index in [1.807, 2.05) is 6.07 Å². The maximum Gasteiger partial charge on any atom is 0.134 e. The molecule has 2 fully saturated rings. The van der Waals surface area contributed by atoms with Gasteiger partial charge in [0.05, 0.1) is 18.8 Å². The van der Waals surface area contributed by atoms with Gasteiger partial charge in [0, 0.05) is 25.8 Å². The van der Waals surface area contributed by atoms with Crippen molar-refractivity contribution in [1.29, 1.82) is 0 Å². The molecule has 2 aliphatic rings. The van der Waals surface area contributed by atoms with Crippen LogP contribution in [0.5, 0.6) is 0 Å². The zero-order chi connectivity index (χ0) is 13.8. The van der Waals surface area contributed by atoms with Crippen LogP contribution in [-0.2, 0) is 4.74 Å². The van der Waals surface area contributed by atoms with Crippen molar-refractivity contribution >= 4 is 11.6 Å². The second-order valence-electron chi connectivity index (χ2n) is 5.45. The van der Waals surface area contributed by atoms with Crippen molar-refractivity contribution < 1.29 is 9.84 Å². The zero-order valence-corrected chi connectivity index (χ0v) is 11.7. The number of aromatic nitrogens is 2. The van der Waals surface area contributed by atoms with Gasteiger partial charge in [-0.2, -0.15) is 0 Å². The van der Waals surface area contributed by atoms with Crippen LogP contribution in [0.1, 0.15) is 25.7 Å². The summed E-state index contributed by atoms with van der Waals surface area (Å²) in [7, 11) is 0. The SMILES string of the molecule is OC[C@@H]1CCCN1c1cc(NC[C@H]2CCCO2)ncn1. The van der Waals surface area contributed by atoms with Gasteiger partial charge in [-0.25, -0.2) is 9.97 Å². The van der Waals surface area contributed by atoms with E-state index in [0.717, 1.165) is 57.0 Å². The van der Waals surface area contributed by atoms with E-state index < -0.39 is 0 Å². The number of aliphatic hydroxyl groups excluding tert-OH is 1. The smallest absolute Gasteiger partial charge is 0.134 e. The van der Waals surface area contributed by atoms with Crippen LogP contribution in [0.25, 0.3) is 0 Å². The molecule has 6 heteroatoms. The summed E-state index contributed by atoms with van der Waals surface area (Å²) in [4.78, 5) is 10.8. The van der Waals surface area contributed by atoms with Crippen molar-refractivity contribution in [3.8, 4) is 0 Å². The molecule has 3 heterocycles. The number of nitrogens with one attached hydrogen (secondary N) is 1. The van der Waals surface area contributed by atoms with E-state index in [1.54, 1.807) is 6.33 Å². The Balaban J connectivity index is 1.63. The van der Waals surface area contributed by atoms with Crippen LogP contribution in [0.2, 0.25) is 0 Å². The standard InChI is InChI=1S/C14H22N4O2/c19-9-11-3-1-5-18(11)14-7-13(16-10-17-14)15-8-12-4-2-6-20-12/h7,10-12,19H,1-6,8-9H2,(H,15,16,17)/t11-,12+/m0/s1. The van der Waals surface area contributed by atoms with Gasteiger partial charge in [-0.3, -0.25) is 0 Å². The quantitative estimate of drug-likeness (QED) is 0.838. The highest BCUT2D eigenvalue weighted by molar-refractivity contribution is 5.49. The highest BCUT2D eigenvalue weighted by atomic mass is 16.5. The van der Waals surface area contributed by atoms with Gasteiger partial charge >= 0.3 is 0 Å². The third-order valence-corrected chi connectivity index (χ3v) is 4.07. The minimum atomic E-state index is 0.183. The van der Waals surface area contributed by atoms with Crippen LogP contribution in [0, 0.1) is 0 Å². The van der Waals surface area contributed by atoms with E-state index in [4.69, 9.17) is 4.74 Å². The molecule has 1 aromatic rings. The normalized spacial score (nSPS) is 26.1. The van der Waals surface area contributed by atoms with Crippen molar-refractivity contribution in [2.75, 3.05) is 36.5 Å². The highest BCUT2D eigenvalue weighted by Crippen LogP contribution is 2.24. The molecule has 0 aromatic carbocycles. The van der Waals surface area contributed by atoms with Crippen LogP contribution in [0.15, 0.2) is 12.4 Å². The Morgan fingerprint density at radius 2 is 2.30 bits per heavy atom. The molecule has 0 radical (unpaired) electrons. The van der Waals surface area contributed by atoms with Crippen molar-refractivity contribution in [2.45, 2.75) is 37.8 Å². The molecule has 0 aliphatic carbocycles. The van der Waals surface area contributed by atoms with Crippen molar-refractivity contribution in [1.82, 2.24) is 9.97 Å². The summed E-state index contributed by atoms with van der Waals surface area (Å²) in [6.45, 7) is 2.79. The summed E-state index contributed by atoms with van der Waals surface area (Å²) in [5.41, 5.74) is 0. The molecule has 2 aliphatic heterocycles. The van der Waals surface area contributed by atoms with Gasteiger partial charge in [0.25, 0.3) is 0 Å². The molecule has 2 saturated heterocycles. The van der Waals surface area contributed by atoms with Crippen LogP contribution >= 0.6 is 0 Å². The predicted molar refractivity (Wildman–Crippen MR) is 76.9 cm³/mol. The highest BCUT2D eigenvalue weighted by Gasteiger charge is 2.25. The average Bonchev–Trinajstić information content (AvgIpc) is 3.16. The lowest BCUT2D eigenvalue weighted by Gasteiger charge is -2.24. The van der Waals surface area contributed by atoms with Gasteiger partial charge in [-0.1, -0.05) is 0 Å². The van der Waals surface area contributed by atoms with E-state index >= 15 is 0 Å². The first-order valence-corrected chi connectivity index (χ1v) is 7.42. The van der Waals surface area contributed by atoms with Crippen LogP contribution in [0.4, 0.5) is 11.6 Å². The molecule has 2 N–H and O–H groups in total. The zero-order valence-electron chi connectivity index (χ0n) is 11.7. The Labute approximate surface area is 119 Å². The summed E-state index contributed by atoms with van der Waals surface area (Å²) in [6.07, 6.45) is 6.27. The fourth-order valence-electron chi connectivity index (χ4n) is 2.95. The molecular formula is C14H22N4O2. The number of nitrogens with zero attached hydrogens (tertiary/aromatic N) is 3. The molecule has 0 spiro atoms.